The van der Waals surface area contributed by atoms with Crippen molar-refractivity contribution in [2.24, 2.45) is 0 Å². The Morgan fingerprint density at radius 2 is 2.33 bits per heavy atom. The topological polar surface area (TPSA) is 12.0 Å². The molecule has 0 bridgehead atoms. The predicted octanol–water partition coefficient (Wildman–Crippen LogP) is 2.70. The highest BCUT2D eigenvalue weighted by atomic mass is 32.2. The fourth-order valence-electron chi connectivity index (χ4n) is 1.29. The Morgan fingerprint density at radius 1 is 1.53 bits per heavy atom. The molecule has 1 N–H and O–H groups in total. The lowest BCUT2D eigenvalue weighted by atomic mass is 10.2. The van der Waals surface area contributed by atoms with E-state index in [1.54, 1.807) is 0 Å². The monoisotopic (exact) mass is 219 g/mol. The summed E-state index contributed by atoms with van der Waals surface area (Å²) in [5.74, 6) is 3.71. The Kier molecular flexibility index (Phi) is 5.31. The van der Waals surface area contributed by atoms with E-state index >= 15 is 0 Å². The molecule has 0 aliphatic carbocycles. The van der Waals surface area contributed by atoms with Crippen LogP contribution >= 0.6 is 11.8 Å². The molecule has 0 aliphatic rings. The molecule has 0 fully saturated rings. The van der Waals surface area contributed by atoms with Crippen LogP contribution in [0.4, 0.5) is 0 Å². The summed E-state index contributed by atoms with van der Waals surface area (Å²) in [4.78, 5) is 1.31. The third-order valence-corrected chi connectivity index (χ3v) is 3.37. The van der Waals surface area contributed by atoms with Gasteiger partial charge in [-0.3, -0.25) is 0 Å². The summed E-state index contributed by atoms with van der Waals surface area (Å²) in [5, 5.41) is 3.22. The number of thioether (sulfide) groups is 1. The minimum Gasteiger partial charge on any atom is -0.315 e. The van der Waals surface area contributed by atoms with Gasteiger partial charge in [0.15, 0.2) is 0 Å². The van der Waals surface area contributed by atoms with Crippen LogP contribution in [0.5, 0.6) is 0 Å². The molecule has 0 heterocycles. The Balaban J connectivity index is 2.46. The maximum Gasteiger partial charge on any atom is 0.0268 e. The molecular weight excluding hydrogens is 202 g/mol. The third kappa shape index (κ3) is 4.42. The van der Waals surface area contributed by atoms with Crippen molar-refractivity contribution < 1.29 is 0 Å². The zero-order chi connectivity index (χ0) is 11.1. The van der Waals surface area contributed by atoms with Crippen LogP contribution < -0.4 is 5.32 Å². The molecule has 0 aromatic heterocycles. The van der Waals surface area contributed by atoms with Crippen molar-refractivity contribution in [3.8, 4) is 12.3 Å². The molecule has 0 saturated carbocycles. The van der Waals surface area contributed by atoms with Crippen LogP contribution in [-0.4, -0.2) is 18.8 Å². The van der Waals surface area contributed by atoms with Crippen LogP contribution in [-0.2, 0) is 0 Å². The van der Waals surface area contributed by atoms with E-state index in [1.165, 1.54) is 10.5 Å². The first kappa shape index (κ1) is 12.2. The highest BCUT2D eigenvalue weighted by Gasteiger charge is 2.04. The maximum atomic E-state index is 5.30. The summed E-state index contributed by atoms with van der Waals surface area (Å²) < 4.78 is 0. The van der Waals surface area contributed by atoms with Crippen molar-refractivity contribution in [3.05, 3.63) is 29.8 Å². The van der Waals surface area contributed by atoms with E-state index < -0.39 is 0 Å². The fourth-order valence-corrected chi connectivity index (χ4v) is 2.41. The molecule has 80 valence electrons. The summed E-state index contributed by atoms with van der Waals surface area (Å²) in [6, 6.07) is 8.95. The Bertz CT molecular complexity index is 341. The normalized spacial score (nSPS) is 12.1. The molecule has 0 spiro atoms. The van der Waals surface area contributed by atoms with Gasteiger partial charge in [0.2, 0.25) is 0 Å². The van der Waals surface area contributed by atoms with Gasteiger partial charge >= 0.3 is 0 Å². The van der Waals surface area contributed by atoms with Gasteiger partial charge in [-0.15, -0.1) is 24.1 Å². The van der Waals surface area contributed by atoms with Gasteiger partial charge in [0.25, 0.3) is 0 Å². The van der Waals surface area contributed by atoms with Crippen LogP contribution in [0.2, 0.25) is 0 Å². The number of terminal acetylenes is 1. The highest BCUT2D eigenvalue weighted by molar-refractivity contribution is 7.99. The number of hydrogen-bond acceptors (Lipinski definition) is 2. The van der Waals surface area contributed by atoms with E-state index in [9.17, 15) is 0 Å². The smallest absolute Gasteiger partial charge is 0.0268 e. The largest absolute Gasteiger partial charge is 0.315 e. The predicted molar refractivity (Wildman–Crippen MR) is 68.2 cm³/mol. The quantitative estimate of drug-likeness (QED) is 0.603. The van der Waals surface area contributed by atoms with Crippen LogP contribution in [0, 0.1) is 19.3 Å². The summed E-state index contributed by atoms with van der Waals surface area (Å²) in [7, 11) is 1.96. The third-order valence-electron chi connectivity index (χ3n) is 2.21. The van der Waals surface area contributed by atoms with Crippen molar-refractivity contribution >= 4 is 11.8 Å². The average molecular weight is 219 g/mol. The fraction of sp³-hybridized carbons (Fsp3) is 0.385. The van der Waals surface area contributed by atoms with Gasteiger partial charge < -0.3 is 5.32 Å². The first-order valence-corrected chi connectivity index (χ1v) is 6.05. The minimum absolute atomic E-state index is 0.403. The average Bonchev–Trinajstić information content (AvgIpc) is 2.24. The number of benzene rings is 1. The van der Waals surface area contributed by atoms with E-state index in [4.69, 9.17) is 6.42 Å². The van der Waals surface area contributed by atoms with Crippen LogP contribution in [0.1, 0.15) is 12.0 Å². The van der Waals surface area contributed by atoms with Crippen LogP contribution in [0.15, 0.2) is 29.2 Å². The summed E-state index contributed by atoms with van der Waals surface area (Å²) in [6.07, 6.45) is 6.09. The van der Waals surface area contributed by atoms with E-state index in [-0.39, 0.29) is 0 Å². The van der Waals surface area contributed by atoms with Crippen molar-refractivity contribution in [1.29, 1.82) is 0 Å². The molecule has 1 rings (SSSR count). The number of nitrogens with one attached hydrogen (secondary N) is 1. The summed E-state index contributed by atoms with van der Waals surface area (Å²) >= 11 is 1.85. The summed E-state index contributed by atoms with van der Waals surface area (Å²) in [5.41, 5.74) is 1.30. The van der Waals surface area contributed by atoms with Gasteiger partial charge in [-0.2, -0.15) is 0 Å². The molecule has 1 unspecified atom stereocenters. The second-order valence-corrected chi connectivity index (χ2v) is 4.61. The highest BCUT2D eigenvalue weighted by Crippen LogP contribution is 2.20. The first-order valence-electron chi connectivity index (χ1n) is 5.06. The Labute approximate surface area is 96.7 Å². The molecule has 1 aromatic carbocycles. The van der Waals surface area contributed by atoms with E-state index in [0.717, 1.165) is 12.2 Å². The zero-order valence-corrected chi connectivity index (χ0v) is 10.1. The second-order valence-electron chi connectivity index (χ2n) is 3.52. The lowest BCUT2D eigenvalue weighted by Crippen LogP contribution is -2.26. The van der Waals surface area contributed by atoms with Crippen molar-refractivity contribution in [2.75, 3.05) is 12.8 Å². The van der Waals surface area contributed by atoms with Gasteiger partial charge in [0.05, 0.1) is 0 Å². The Morgan fingerprint density at radius 3 is 2.93 bits per heavy atom. The standard InChI is InChI=1S/C13H17NS/c1-4-6-12(14-3)10-15-13-8-5-7-11(2)9-13/h1,5,7-9,12,14H,6,10H2,2-3H3. The lowest BCUT2D eigenvalue weighted by Gasteiger charge is -2.12. The van der Waals surface area contributed by atoms with Crippen molar-refractivity contribution in [3.63, 3.8) is 0 Å². The maximum absolute atomic E-state index is 5.30. The number of hydrogen-bond donors (Lipinski definition) is 1. The number of rotatable bonds is 5. The minimum atomic E-state index is 0.403. The van der Waals surface area contributed by atoms with Crippen molar-refractivity contribution in [1.82, 2.24) is 5.32 Å². The molecule has 1 nitrogen and oxygen atoms in total. The molecule has 0 radical (unpaired) electrons. The van der Waals surface area contributed by atoms with E-state index in [1.807, 2.05) is 18.8 Å². The molecule has 0 saturated heterocycles. The SMILES string of the molecule is C#CCC(CSc1cccc(C)c1)NC. The molecule has 1 atom stereocenters. The second kappa shape index (κ2) is 6.55. The van der Waals surface area contributed by atoms with Gasteiger partial charge in [-0.25, -0.2) is 0 Å². The molecule has 15 heavy (non-hydrogen) atoms. The van der Waals surface area contributed by atoms with Gasteiger partial charge in [0, 0.05) is 23.1 Å². The van der Waals surface area contributed by atoms with Gasteiger partial charge in [-0.05, 0) is 26.1 Å². The first-order chi connectivity index (χ1) is 7.26. The molecular formula is C13H17NS. The molecule has 0 amide bonds. The van der Waals surface area contributed by atoms with Gasteiger partial charge in [0.1, 0.15) is 0 Å². The number of aryl methyl sites for hydroxylation is 1. The molecule has 2 heteroatoms. The van der Waals surface area contributed by atoms with Crippen LogP contribution in [0.3, 0.4) is 0 Å². The van der Waals surface area contributed by atoms with E-state index in [0.29, 0.717) is 6.04 Å². The van der Waals surface area contributed by atoms with E-state index in [2.05, 4.69) is 42.4 Å². The lowest BCUT2D eigenvalue weighted by molar-refractivity contribution is 0.637. The zero-order valence-electron chi connectivity index (χ0n) is 9.29. The molecule has 0 aliphatic heterocycles. The molecule has 1 aromatic rings. The summed E-state index contributed by atoms with van der Waals surface area (Å²) in [6.45, 7) is 2.11. The van der Waals surface area contributed by atoms with Crippen LogP contribution in [0.25, 0.3) is 0 Å². The van der Waals surface area contributed by atoms with Crippen molar-refractivity contribution in [2.45, 2.75) is 24.3 Å². The van der Waals surface area contributed by atoms with Gasteiger partial charge in [-0.1, -0.05) is 17.7 Å². The Hall–Kier alpha value is -0.910.